The van der Waals surface area contributed by atoms with Crippen molar-refractivity contribution in [2.75, 3.05) is 13.1 Å². The van der Waals surface area contributed by atoms with E-state index in [1.807, 2.05) is 6.07 Å². The molecule has 0 aliphatic heterocycles. The number of nitrogens with zero attached hydrogens (tertiary/aromatic N) is 2. The lowest BCUT2D eigenvalue weighted by Gasteiger charge is -2.06. The molecule has 19 heavy (non-hydrogen) atoms. The zero-order chi connectivity index (χ0) is 14.1. The second-order valence-electron chi connectivity index (χ2n) is 3.75. The molecule has 0 unspecified atom stereocenters. The van der Waals surface area contributed by atoms with E-state index in [1.165, 1.54) is 6.07 Å². The number of benzene rings is 1. The molecule has 7 nitrogen and oxygen atoms in total. The molecule has 1 aromatic carbocycles. The van der Waals surface area contributed by atoms with Crippen LogP contribution in [0.1, 0.15) is 12.0 Å². The zero-order valence-electron chi connectivity index (χ0n) is 10.3. The molecule has 0 aromatic heterocycles. The Balaban J connectivity index is 2.39. The Morgan fingerprint density at radius 2 is 2.16 bits per heavy atom. The molecule has 1 rings (SSSR count). The number of rotatable bonds is 7. The maximum absolute atomic E-state index is 11.3. The largest absolute Gasteiger partial charge is 0.354 e. The number of nitro benzene ring substituents is 1. The molecule has 0 aliphatic carbocycles. The monoisotopic (exact) mass is 262 g/mol. The molecular weight excluding hydrogens is 248 g/mol. The van der Waals surface area contributed by atoms with Crippen molar-refractivity contribution in [3.05, 3.63) is 39.9 Å². The van der Waals surface area contributed by atoms with Crippen molar-refractivity contribution in [1.29, 1.82) is 5.26 Å². The minimum atomic E-state index is -0.454. The molecule has 100 valence electrons. The third-order valence-corrected chi connectivity index (χ3v) is 2.35. The number of hydrogen-bond donors (Lipinski definition) is 2. The van der Waals surface area contributed by atoms with Crippen LogP contribution >= 0.6 is 0 Å². The highest BCUT2D eigenvalue weighted by atomic mass is 16.6. The van der Waals surface area contributed by atoms with Crippen LogP contribution < -0.4 is 10.6 Å². The fourth-order valence-electron chi connectivity index (χ4n) is 1.47. The summed E-state index contributed by atoms with van der Waals surface area (Å²) in [7, 11) is 0. The highest BCUT2D eigenvalue weighted by Crippen LogP contribution is 2.16. The number of amides is 1. The van der Waals surface area contributed by atoms with E-state index in [4.69, 9.17) is 5.26 Å². The van der Waals surface area contributed by atoms with Crippen LogP contribution in [0.4, 0.5) is 5.69 Å². The van der Waals surface area contributed by atoms with Gasteiger partial charge in [0.15, 0.2) is 0 Å². The van der Waals surface area contributed by atoms with Crippen LogP contribution in [0, 0.1) is 21.4 Å². The fourth-order valence-corrected chi connectivity index (χ4v) is 1.47. The molecule has 0 fully saturated rings. The van der Waals surface area contributed by atoms with Crippen molar-refractivity contribution in [3.8, 4) is 6.07 Å². The van der Waals surface area contributed by atoms with Gasteiger partial charge in [-0.2, -0.15) is 5.26 Å². The number of carbonyl (C=O) groups excluding carboxylic acids is 1. The van der Waals surface area contributed by atoms with Gasteiger partial charge in [-0.15, -0.1) is 0 Å². The van der Waals surface area contributed by atoms with E-state index in [1.54, 1.807) is 18.2 Å². The second-order valence-corrected chi connectivity index (χ2v) is 3.75. The van der Waals surface area contributed by atoms with Crippen molar-refractivity contribution >= 4 is 11.6 Å². The van der Waals surface area contributed by atoms with Gasteiger partial charge in [-0.3, -0.25) is 14.9 Å². The second kappa shape index (κ2) is 7.79. The topological polar surface area (TPSA) is 108 Å². The molecule has 1 aromatic rings. The van der Waals surface area contributed by atoms with Crippen LogP contribution in [-0.4, -0.2) is 23.9 Å². The number of nitro groups is 1. The highest BCUT2D eigenvalue weighted by Gasteiger charge is 2.11. The molecule has 0 saturated carbocycles. The summed E-state index contributed by atoms with van der Waals surface area (Å²) in [5, 5.41) is 24.4. The van der Waals surface area contributed by atoms with Gasteiger partial charge in [0.05, 0.1) is 24.0 Å². The van der Waals surface area contributed by atoms with Crippen molar-refractivity contribution < 1.29 is 9.72 Å². The smallest absolute Gasteiger partial charge is 0.273 e. The Kier molecular flexibility index (Phi) is 5.98. The molecule has 1 amide bonds. The van der Waals surface area contributed by atoms with Crippen LogP contribution in [0.3, 0.4) is 0 Å². The van der Waals surface area contributed by atoms with E-state index in [9.17, 15) is 14.9 Å². The Morgan fingerprint density at radius 1 is 1.42 bits per heavy atom. The molecule has 7 heteroatoms. The fraction of sp³-hybridized carbons (Fsp3) is 0.333. The first-order valence-electron chi connectivity index (χ1n) is 5.72. The third-order valence-electron chi connectivity index (χ3n) is 2.35. The quantitative estimate of drug-likeness (QED) is 0.427. The molecule has 0 atom stereocenters. The standard InChI is InChI=1S/C12H14N4O3/c13-6-3-7-15-12(17)9-14-8-10-4-1-2-5-11(10)16(18)19/h1-2,4-5,14H,3,7-9H2,(H,15,17). The summed E-state index contributed by atoms with van der Waals surface area (Å²) >= 11 is 0. The Labute approximate surface area is 110 Å². The lowest BCUT2D eigenvalue weighted by atomic mass is 10.2. The molecule has 0 bridgehead atoms. The summed E-state index contributed by atoms with van der Waals surface area (Å²) in [5.74, 6) is -0.242. The first-order chi connectivity index (χ1) is 9.15. The average Bonchev–Trinajstić information content (AvgIpc) is 2.39. The molecule has 2 N–H and O–H groups in total. The Hall–Kier alpha value is -2.46. The van der Waals surface area contributed by atoms with Crippen LogP contribution in [-0.2, 0) is 11.3 Å². The SMILES string of the molecule is N#CCCNC(=O)CNCc1ccccc1[N+](=O)[O-]. The van der Waals surface area contributed by atoms with E-state index in [0.717, 1.165) is 0 Å². The number of carbonyl (C=O) groups is 1. The predicted molar refractivity (Wildman–Crippen MR) is 68.0 cm³/mol. The predicted octanol–water partition coefficient (Wildman–Crippen LogP) is 0.714. The Bertz CT molecular complexity index is 496. The van der Waals surface area contributed by atoms with Crippen molar-refractivity contribution in [1.82, 2.24) is 10.6 Å². The minimum Gasteiger partial charge on any atom is -0.354 e. The lowest BCUT2D eigenvalue weighted by Crippen LogP contribution is -2.34. The summed E-state index contributed by atoms with van der Waals surface area (Å²) in [6.07, 6.45) is 0.260. The zero-order valence-corrected chi connectivity index (χ0v) is 10.3. The van der Waals surface area contributed by atoms with Gasteiger partial charge in [-0.1, -0.05) is 18.2 Å². The van der Waals surface area contributed by atoms with Crippen molar-refractivity contribution in [2.45, 2.75) is 13.0 Å². The minimum absolute atomic E-state index is 0.0277. The number of hydrogen-bond acceptors (Lipinski definition) is 5. The van der Waals surface area contributed by atoms with Gasteiger partial charge in [0.2, 0.25) is 5.91 Å². The van der Waals surface area contributed by atoms with Crippen LogP contribution in [0.5, 0.6) is 0 Å². The molecule has 0 heterocycles. The molecule has 0 radical (unpaired) electrons. The summed E-state index contributed by atoms with van der Waals surface area (Å²) in [4.78, 5) is 21.6. The third kappa shape index (κ3) is 5.14. The summed E-state index contributed by atoms with van der Waals surface area (Å²) in [5.41, 5.74) is 0.553. The highest BCUT2D eigenvalue weighted by molar-refractivity contribution is 5.77. The van der Waals surface area contributed by atoms with Crippen molar-refractivity contribution in [3.63, 3.8) is 0 Å². The summed E-state index contributed by atoms with van der Waals surface area (Å²) < 4.78 is 0. The van der Waals surface area contributed by atoms with E-state index in [-0.39, 0.29) is 31.1 Å². The number of nitrogens with one attached hydrogen (secondary N) is 2. The van der Waals surface area contributed by atoms with Crippen LogP contribution in [0.2, 0.25) is 0 Å². The van der Waals surface area contributed by atoms with Gasteiger partial charge in [0.1, 0.15) is 0 Å². The van der Waals surface area contributed by atoms with E-state index in [0.29, 0.717) is 12.1 Å². The molecule has 0 aliphatic rings. The first-order valence-corrected chi connectivity index (χ1v) is 5.72. The average molecular weight is 262 g/mol. The molecule has 0 spiro atoms. The maximum Gasteiger partial charge on any atom is 0.273 e. The van der Waals surface area contributed by atoms with Gasteiger partial charge in [-0.25, -0.2) is 0 Å². The van der Waals surface area contributed by atoms with Crippen molar-refractivity contribution in [2.24, 2.45) is 0 Å². The van der Waals surface area contributed by atoms with E-state index < -0.39 is 4.92 Å². The normalized spacial score (nSPS) is 9.63. The number of para-hydroxylation sites is 1. The van der Waals surface area contributed by atoms with Gasteiger partial charge in [0, 0.05) is 24.7 Å². The van der Waals surface area contributed by atoms with E-state index >= 15 is 0 Å². The van der Waals surface area contributed by atoms with Crippen LogP contribution in [0.25, 0.3) is 0 Å². The summed E-state index contributed by atoms with van der Waals surface area (Å²) in [6, 6.07) is 8.27. The molecular formula is C12H14N4O3. The summed E-state index contributed by atoms with van der Waals surface area (Å²) in [6.45, 7) is 0.600. The molecule has 0 saturated heterocycles. The van der Waals surface area contributed by atoms with Gasteiger partial charge in [0.25, 0.3) is 5.69 Å². The van der Waals surface area contributed by atoms with E-state index in [2.05, 4.69) is 10.6 Å². The number of nitriles is 1. The van der Waals surface area contributed by atoms with Crippen LogP contribution in [0.15, 0.2) is 24.3 Å². The Morgan fingerprint density at radius 3 is 2.84 bits per heavy atom. The van der Waals surface area contributed by atoms with Gasteiger partial charge >= 0.3 is 0 Å². The van der Waals surface area contributed by atoms with Gasteiger partial charge in [-0.05, 0) is 0 Å². The maximum atomic E-state index is 11.3. The van der Waals surface area contributed by atoms with Gasteiger partial charge < -0.3 is 10.6 Å². The lowest BCUT2D eigenvalue weighted by molar-refractivity contribution is -0.385. The first kappa shape index (κ1) is 14.6.